The van der Waals surface area contributed by atoms with E-state index in [2.05, 4.69) is 16.8 Å². The first-order chi connectivity index (χ1) is 8.65. The van der Waals surface area contributed by atoms with E-state index in [1.54, 1.807) is 0 Å². The Morgan fingerprint density at radius 1 is 1.28 bits per heavy atom. The molecule has 2 rings (SSSR count). The Bertz CT molecular complexity index is 392. The van der Waals surface area contributed by atoms with Crippen LogP contribution in [0.4, 0.5) is 10.1 Å². The SMILES string of the molecule is CN1CCN(CCOc2cc(F)ccc2N)CC1. The number of likely N-dealkylation sites (N-methyl/N-ethyl adjacent to an activating group) is 1. The average molecular weight is 253 g/mol. The molecule has 1 aromatic carbocycles. The first-order valence-electron chi connectivity index (χ1n) is 6.24. The van der Waals surface area contributed by atoms with Gasteiger partial charge in [0.15, 0.2) is 0 Å². The fourth-order valence-corrected chi connectivity index (χ4v) is 1.99. The summed E-state index contributed by atoms with van der Waals surface area (Å²) < 4.78 is 18.5. The molecule has 1 fully saturated rings. The molecule has 4 nitrogen and oxygen atoms in total. The summed E-state index contributed by atoms with van der Waals surface area (Å²) in [4.78, 5) is 4.65. The molecule has 0 radical (unpaired) electrons. The van der Waals surface area contributed by atoms with Crippen molar-refractivity contribution in [2.45, 2.75) is 0 Å². The van der Waals surface area contributed by atoms with E-state index in [0.29, 0.717) is 18.0 Å². The Balaban J connectivity index is 1.76. The van der Waals surface area contributed by atoms with Gasteiger partial charge in [-0.15, -0.1) is 0 Å². The molecule has 100 valence electrons. The van der Waals surface area contributed by atoms with Crippen molar-refractivity contribution in [2.75, 3.05) is 52.1 Å². The zero-order valence-electron chi connectivity index (χ0n) is 10.7. The van der Waals surface area contributed by atoms with Gasteiger partial charge in [0.2, 0.25) is 0 Å². The monoisotopic (exact) mass is 253 g/mol. The molecule has 0 atom stereocenters. The predicted octanol–water partition coefficient (Wildman–Crippen LogP) is 1.03. The molecular formula is C13H20FN3O. The Morgan fingerprint density at radius 2 is 2.00 bits per heavy atom. The Labute approximate surface area is 107 Å². The lowest BCUT2D eigenvalue weighted by Gasteiger charge is -2.32. The van der Waals surface area contributed by atoms with Crippen molar-refractivity contribution in [2.24, 2.45) is 0 Å². The van der Waals surface area contributed by atoms with Gasteiger partial charge < -0.3 is 15.4 Å². The topological polar surface area (TPSA) is 41.7 Å². The maximum absolute atomic E-state index is 13.0. The van der Waals surface area contributed by atoms with Crippen molar-refractivity contribution in [1.29, 1.82) is 0 Å². The molecule has 1 aliphatic rings. The number of hydrogen-bond donors (Lipinski definition) is 1. The highest BCUT2D eigenvalue weighted by molar-refractivity contribution is 5.52. The van der Waals surface area contributed by atoms with Gasteiger partial charge in [-0.2, -0.15) is 0 Å². The van der Waals surface area contributed by atoms with Gasteiger partial charge in [-0.05, 0) is 19.2 Å². The van der Waals surface area contributed by atoms with Crippen LogP contribution in [0.15, 0.2) is 18.2 Å². The van der Waals surface area contributed by atoms with E-state index < -0.39 is 0 Å². The molecule has 0 amide bonds. The molecule has 0 saturated carbocycles. The van der Waals surface area contributed by atoms with Crippen molar-refractivity contribution in [3.63, 3.8) is 0 Å². The summed E-state index contributed by atoms with van der Waals surface area (Å²) in [5.41, 5.74) is 6.20. The van der Waals surface area contributed by atoms with E-state index >= 15 is 0 Å². The lowest BCUT2D eigenvalue weighted by Crippen LogP contribution is -2.45. The van der Waals surface area contributed by atoms with Crippen molar-refractivity contribution in [1.82, 2.24) is 9.80 Å². The van der Waals surface area contributed by atoms with E-state index in [4.69, 9.17) is 10.5 Å². The van der Waals surface area contributed by atoms with Gasteiger partial charge in [-0.1, -0.05) is 0 Å². The summed E-state index contributed by atoms with van der Waals surface area (Å²) in [6, 6.07) is 4.20. The second-order valence-corrected chi connectivity index (χ2v) is 4.68. The average Bonchev–Trinajstić information content (AvgIpc) is 2.36. The zero-order valence-corrected chi connectivity index (χ0v) is 10.7. The molecule has 0 spiro atoms. The number of rotatable bonds is 4. The molecule has 18 heavy (non-hydrogen) atoms. The molecule has 1 aliphatic heterocycles. The van der Waals surface area contributed by atoms with Gasteiger partial charge >= 0.3 is 0 Å². The van der Waals surface area contributed by atoms with E-state index in [9.17, 15) is 4.39 Å². The lowest BCUT2D eigenvalue weighted by molar-refractivity contribution is 0.134. The highest BCUT2D eigenvalue weighted by atomic mass is 19.1. The Hall–Kier alpha value is -1.33. The van der Waals surface area contributed by atoms with Crippen molar-refractivity contribution < 1.29 is 9.13 Å². The molecular weight excluding hydrogens is 233 g/mol. The number of anilines is 1. The second kappa shape index (κ2) is 6.02. The Kier molecular flexibility index (Phi) is 4.38. The number of piperazine rings is 1. The quantitative estimate of drug-likeness (QED) is 0.814. The van der Waals surface area contributed by atoms with Gasteiger partial charge in [0, 0.05) is 38.8 Å². The minimum absolute atomic E-state index is 0.321. The first kappa shape index (κ1) is 13.1. The summed E-state index contributed by atoms with van der Waals surface area (Å²) in [6.45, 7) is 5.67. The minimum atomic E-state index is -0.321. The molecule has 2 N–H and O–H groups in total. The standard InChI is InChI=1S/C13H20FN3O/c1-16-4-6-17(7-5-16)8-9-18-13-10-11(14)2-3-12(13)15/h2-3,10H,4-9,15H2,1H3. The summed E-state index contributed by atoms with van der Waals surface area (Å²) in [6.07, 6.45) is 0. The van der Waals surface area contributed by atoms with Crippen molar-refractivity contribution in [3.05, 3.63) is 24.0 Å². The highest BCUT2D eigenvalue weighted by Crippen LogP contribution is 2.21. The summed E-state index contributed by atoms with van der Waals surface area (Å²) in [5.74, 6) is 0.114. The number of ether oxygens (including phenoxy) is 1. The molecule has 0 aliphatic carbocycles. The van der Waals surface area contributed by atoms with Crippen LogP contribution in [0, 0.1) is 5.82 Å². The Morgan fingerprint density at radius 3 is 2.72 bits per heavy atom. The largest absolute Gasteiger partial charge is 0.490 e. The van der Waals surface area contributed by atoms with Crippen LogP contribution in [0.1, 0.15) is 0 Å². The third-order valence-corrected chi connectivity index (χ3v) is 3.24. The highest BCUT2D eigenvalue weighted by Gasteiger charge is 2.13. The van der Waals surface area contributed by atoms with Gasteiger partial charge in [-0.25, -0.2) is 4.39 Å². The van der Waals surface area contributed by atoms with Crippen LogP contribution in [0.2, 0.25) is 0 Å². The summed E-state index contributed by atoms with van der Waals surface area (Å²) in [5, 5.41) is 0. The number of benzene rings is 1. The number of hydrogen-bond acceptors (Lipinski definition) is 4. The van der Waals surface area contributed by atoms with Crippen LogP contribution < -0.4 is 10.5 Å². The molecule has 0 bridgehead atoms. The predicted molar refractivity (Wildman–Crippen MR) is 70.2 cm³/mol. The normalized spacial score (nSPS) is 17.9. The molecule has 0 unspecified atom stereocenters. The fraction of sp³-hybridized carbons (Fsp3) is 0.538. The number of nitrogen functional groups attached to an aromatic ring is 1. The van der Waals surface area contributed by atoms with Crippen LogP contribution in [0.3, 0.4) is 0 Å². The fourth-order valence-electron chi connectivity index (χ4n) is 1.99. The number of halogens is 1. The smallest absolute Gasteiger partial charge is 0.145 e. The van der Waals surface area contributed by atoms with E-state index in [1.165, 1.54) is 18.2 Å². The first-order valence-corrected chi connectivity index (χ1v) is 6.24. The van der Waals surface area contributed by atoms with E-state index in [0.717, 1.165) is 32.7 Å². The van der Waals surface area contributed by atoms with Gasteiger partial charge in [0.05, 0.1) is 5.69 Å². The van der Waals surface area contributed by atoms with Gasteiger partial charge in [-0.3, -0.25) is 4.90 Å². The van der Waals surface area contributed by atoms with Crippen LogP contribution in [-0.4, -0.2) is 56.2 Å². The van der Waals surface area contributed by atoms with Crippen LogP contribution in [0.5, 0.6) is 5.75 Å². The number of nitrogens with two attached hydrogens (primary N) is 1. The maximum atomic E-state index is 13.0. The summed E-state index contributed by atoms with van der Waals surface area (Å²) >= 11 is 0. The molecule has 1 heterocycles. The third kappa shape index (κ3) is 3.58. The third-order valence-electron chi connectivity index (χ3n) is 3.24. The lowest BCUT2D eigenvalue weighted by atomic mass is 10.3. The van der Waals surface area contributed by atoms with E-state index in [1.807, 2.05) is 0 Å². The zero-order chi connectivity index (χ0) is 13.0. The van der Waals surface area contributed by atoms with Crippen LogP contribution in [0.25, 0.3) is 0 Å². The van der Waals surface area contributed by atoms with Crippen molar-refractivity contribution >= 4 is 5.69 Å². The number of nitrogens with zero attached hydrogens (tertiary/aromatic N) is 2. The summed E-state index contributed by atoms with van der Waals surface area (Å²) in [7, 11) is 2.13. The van der Waals surface area contributed by atoms with Gasteiger partial charge in [0.1, 0.15) is 18.2 Å². The van der Waals surface area contributed by atoms with E-state index in [-0.39, 0.29) is 5.82 Å². The molecule has 0 aromatic heterocycles. The molecule has 5 heteroatoms. The minimum Gasteiger partial charge on any atom is -0.490 e. The molecule has 1 saturated heterocycles. The van der Waals surface area contributed by atoms with Crippen LogP contribution >= 0.6 is 0 Å². The second-order valence-electron chi connectivity index (χ2n) is 4.68. The molecule has 1 aromatic rings. The van der Waals surface area contributed by atoms with Crippen molar-refractivity contribution in [3.8, 4) is 5.75 Å². The van der Waals surface area contributed by atoms with Crippen LogP contribution in [-0.2, 0) is 0 Å². The maximum Gasteiger partial charge on any atom is 0.145 e. The van der Waals surface area contributed by atoms with Gasteiger partial charge in [0.25, 0.3) is 0 Å².